The Hall–Kier alpha value is -2.33. The molecular weight excluding hydrogens is 490 g/mol. The number of amides is 2. The van der Waals surface area contributed by atoms with Gasteiger partial charge >= 0.3 is 12.3 Å². The molecule has 0 spiro atoms. The molecule has 0 bridgehead atoms. The number of hydrogen-bond acceptors (Lipinski definition) is 5. The van der Waals surface area contributed by atoms with Crippen molar-refractivity contribution in [2.75, 3.05) is 50.8 Å². The average Bonchev–Trinajstić information content (AvgIpc) is 3.08. The molecule has 6 nitrogen and oxygen atoms in total. The van der Waals surface area contributed by atoms with E-state index < -0.39 is 19.0 Å². The summed E-state index contributed by atoms with van der Waals surface area (Å²) >= 11 is 0. The molecular formula is C24H30ClF4N3O3. The van der Waals surface area contributed by atoms with Crippen LogP contribution in [0, 0.1) is 11.8 Å². The van der Waals surface area contributed by atoms with Crippen molar-refractivity contribution >= 4 is 29.9 Å². The van der Waals surface area contributed by atoms with Gasteiger partial charge in [0.15, 0.2) is 6.61 Å². The lowest BCUT2D eigenvalue weighted by molar-refractivity contribution is -0.148. The number of halogens is 5. The Kier molecular flexibility index (Phi) is 9.04. The number of nitrogens with zero attached hydrogens (tertiary/aromatic N) is 3. The zero-order valence-electron chi connectivity index (χ0n) is 19.3. The minimum absolute atomic E-state index is 0. The van der Waals surface area contributed by atoms with E-state index in [1.807, 2.05) is 17.1 Å². The SMILES string of the molecule is Cl.O=C1C2CC=CCC2C(=O)N1CCCN1CCN(c2ccccc2OCC(F)(F)C(F)F)CC1. The van der Waals surface area contributed by atoms with Gasteiger partial charge < -0.3 is 9.64 Å². The lowest BCUT2D eigenvalue weighted by Crippen LogP contribution is -2.47. The number of likely N-dealkylation sites (tertiary alicyclic amines) is 1. The molecule has 11 heteroatoms. The Balaban J connectivity index is 0.00000342. The number of benzene rings is 1. The summed E-state index contributed by atoms with van der Waals surface area (Å²) in [6.07, 6.45) is 2.13. The molecule has 2 saturated heterocycles. The number of piperazine rings is 1. The number of rotatable bonds is 9. The number of ether oxygens (including phenoxy) is 1. The topological polar surface area (TPSA) is 53.1 Å². The van der Waals surface area contributed by atoms with Crippen LogP contribution in [0.1, 0.15) is 19.3 Å². The van der Waals surface area contributed by atoms with Crippen molar-refractivity contribution in [3.63, 3.8) is 0 Å². The molecule has 35 heavy (non-hydrogen) atoms. The Bertz CT molecular complexity index is 899. The number of alkyl halides is 4. The van der Waals surface area contributed by atoms with Gasteiger partial charge in [-0.2, -0.15) is 8.78 Å². The fourth-order valence-corrected chi connectivity index (χ4v) is 4.83. The molecule has 0 radical (unpaired) electrons. The Labute approximate surface area is 208 Å². The number of allylic oxidation sites excluding steroid dienone is 2. The third kappa shape index (κ3) is 6.09. The first-order chi connectivity index (χ1) is 16.3. The highest BCUT2D eigenvalue weighted by Crippen LogP contribution is 2.35. The van der Waals surface area contributed by atoms with Crippen LogP contribution in [0.25, 0.3) is 0 Å². The molecule has 2 heterocycles. The summed E-state index contributed by atoms with van der Waals surface area (Å²) in [7, 11) is 0. The molecule has 0 saturated carbocycles. The number of hydrogen-bond donors (Lipinski definition) is 0. The lowest BCUT2D eigenvalue weighted by atomic mass is 9.85. The van der Waals surface area contributed by atoms with Gasteiger partial charge in [-0.15, -0.1) is 12.4 Å². The van der Waals surface area contributed by atoms with Gasteiger partial charge in [-0.1, -0.05) is 24.3 Å². The van der Waals surface area contributed by atoms with E-state index in [0.717, 1.165) is 6.54 Å². The van der Waals surface area contributed by atoms with Crippen LogP contribution in [0.5, 0.6) is 5.75 Å². The van der Waals surface area contributed by atoms with E-state index in [4.69, 9.17) is 4.74 Å². The van der Waals surface area contributed by atoms with Crippen LogP contribution in [-0.4, -0.2) is 79.8 Å². The van der Waals surface area contributed by atoms with Crippen molar-refractivity contribution in [3.05, 3.63) is 36.4 Å². The smallest absolute Gasteiger partial charge is 0.340 e. The Morgan fingerprint density at radius 1 is 0.943 bits per heavy atom. The predicted molar refractivity (Wildman–Crippen MR) is 125 cm³/mol. The Morgan fingerprint density at radius 2 is 1.54 bits per heavy atom. The number of anilines is 1. The monoisotopic (exact) mass is 519 g/mol. The van der Waals surface area contributed by atoms with Crippen LogP contribution in [0.4, 0.5) is 23.2 Å². The van der Waals surface area contributed by atoms with Crippen molar-refractivity contribution in [1.29, 1.82) is 0 Å². The summed E-state index contributed by atoms with van der Waals surface area (Å²) in [5, 5.41) is 0. The molecule has 4 rings (SSSR count). The number of fused-ring (bicyclic) bond motifs is 1. The summed E-state index contributed by atoms with van der Waals surface area (Å²) < 4.78 is 56.5. The maximum Gasteiger partial charge on any atom is 0.340 e. The van der Waals surface area contributed by atoms with Gasteiger partial charge in [-0.3, -0.25) is 19.4 Å². The highest BCUT2D eigenvalue weighted by molar-refractivity contribution is 6.05. The molecule has 1 aliphatic carbocycles. The van der Waals surface area contributed by atoms with Crippen LogP contribution in [0.3, 0.4) is 0 Å². The van der Waals surface area contributed by atoms with E-state index in [-0.39, 0.29) is 41.8 Å². The maximum atomic E-state index is 13.3. The normalized spacial score (nSPS) is 23.0. The van der Waals surface area contributed by atoms with Gasteiger partial charge in [0.1, 0.15) is 5.75 Å². The van der Waals surface area contributed by atoms with Crippen molar-refractivity contribution < 1.29 is 31.9 Å². The summed E-state index contributed by atoms with van der Waals surface area (Å²) in [4.78, 5) is 30.8. The standard InChI is InChI=1S/C24H29F4N3O3.ClH/c25-23(26)24(27,28)16-34-20-9-4-3-8-19(20)30-14-12-29(13-15-30)10-5-11-31-21(32)17-6-1-2-7-18(17)22(31)33;/h1-4,8-9,17-18,23H,5-7,10-16H2;1H. The third-order valence-corrected chi connectivity index (χ3v) is 6.77. The Morgan fingerprint density at radius 3 is 2.14 bits per heavy atom. The number of carbonyl (C=O) groups excluding carboxylic acids is 2. The van der Waals surface area contributed by atoms with Gasteiger partial charge in [-0.05, 0) is 37.9 Å². The van der Waals surface area contributed by atoms with E-state index in [0.29, 0.717) is 57.7 Å². The van der Waals surface area contributed by atoms with Gasteiger partial charge in [0, 0.05) is 32.7 Å². The maximum absolute atomic E-state index is 13.3. The van der Waals surface area contributed by atoms with Crippen LogP contribution < -0.4 is 9.64 Å². The van der Waals surface area contributed by atoms with Gasteiger partial charge in [0.25, 0.3) is 0 Å². The van der Waals surface area contributed by atoms with Crippen LogP contribution >= 0.6 is 12.4 Å². The third-order valence-electron chi connectivity index (χ3n) is 6.77. The first kappa shape index (κ1) is 27.3. The molecule has 1 aromatic carbocycles. The molecule has 2 fully saturated rings. The predicted octanol–water partition coefficient (Wildman–Crippen LogP) is 3.85. The van der Waals surface area contributed by atoms with Crippen LogP contribution in [-0.2, 0) is 9.59 Å². The number of imide groups is 1. The van der Waals surface area contributed by atoms with Gasteiger partial charge in [0.2, 0.25) is 11.8 Å². The van der Waals surface area contributed by atoms with Crippen molar-refractivity contribution in [1.82, 2.24) is 9.80 Å². The molecule has 3 aliphatic rings. The summed E-state index contributed by atoms with van der Waals surface area (Å²) in [5.41, 5.74) is 0.594. The first-order valence-corrected chi connectivity index (χ1v) is 11.6. The molecule has 2 amide bonds. The molecule has 0 aromatic heterocycles. The van der Waals surface area contributed by atoms with Crippen LogP contribution in [0.15, 0.2) is 36.4 Å². The minimum atomic E-state index is -4.21. The summed E-state index contributed by atoms with van der Waals surface area (Å²) in [6.45, 7) is 2.41. The van der Waals surface area contributed by atoms with Crippen LogP contribution in [0.2, 0.25) is 0 Å². The second kappa shape index (κ2) is 11.6. The molecule has 194 valence electrons. The fraction of sp³-hybridized carbons (Fsp3) is 0.583. The number of carbonyl (C=O) groups is 2. The molecule has 2 aliphatic heterocycles. The van der Waals surface area contributed by atoms with E-state index in [2.05, 4.69) is 4.90 Å². The van der Waals surface area contributed by atoms with E-state index in [1.54, 1.807) is 18.2 Å². The highest BCUT2D eigenvalue weighted by Gasteiger charge is 2.46. The molecule has 2 unspecified atom stereocenters. The van der Waals surface area contributed by atoms with Crippen molar-refractivity contribution in [3.8, 4) is 5.75 Å². The first-order valence-electron chi connectivity index (χ1n) is 11.6. The van der Waals surface area contributed by atoms with E-state index >= 15 is 0 Å². The summed E-state index contributed by atoms with van der Waals surface area (Å²) in [6, 6.07) is 6.59. The largest absolute Gasteiger partial charge is 0.485 e. The van der Waals surface area contributed by atoms with E-state index in [9.17, 15) is 27.2 Å². The summed E-state index contributed by atoms with van der Waals surface area (Å²) in [5.74, 6) is -4.58. The zero-order valence-corrected chi connectivity index (χ0v) is 20.1. The quantitative estimate of drug-likeness (QED) is 0.282. The average molecular weight is 520 g/mol. The molecule has 2 atom stereocenters. The highest BCUT2D eigenvalue weighted by atomic mass is 35.5. The fourth-order valence-electron chi connectivity index (χ4n) is 4.83. The van der Waals surface area contributed by atoms with Crippen molar-refractivity contribution in [2.24, 2.45) is 11.8 Å². The second-order valence-electron chi connectivity index (χ2n) is 8.98. The second-order valence-corrected chi connectivity index (χ2v) is 8.98. The van der Waals surface area contributed by atoms with Gasteiger partial charge in [-0.25, -0.2) is 8.78 Å². The lowest BCUT2D eigenvalue weighted by Gasteiger charge is -2.37. The molecule has 0 N–H and O–H groups in total. The number of para-hydroxylation sites is 2. The van der Waals surface area contributed by atoms with Gasteiger partial charge in [0.05, 0.1) is 17.5 Å². The van der Waals surface area contributed by atoms with E-state index in [1.165, 1.54) is 11.0 Å². The van der Waals surface area contributed by atoms with Crippen molar-refractivity contribution in [2.45, 2.75) is 31.6 Å². The molecule has 1 aromatic rings. The minimum Gasteiger partial charge on any atom is -0.485 e. The zero-order chi connectivity index (χ0) is 24.3.